The Bertz CT molecular complexity index is 799. The van der Waals surface area contributed by atoms with E-state index in [0.29, 0.717) is 22.3 Å². The minimum atomic E-state index is -0.0364. The van der Waals surface area contributed by atoms with E-state index in [1.165, 1.54) is 6.26 Å². The summed E-state index contributed by atoms with van der Waals surface area (Å²) in [6.07, 6.45) is 3.40. The van der Waals surface area contributed by atoms with Crippen LogP contribution < -0.4 is 10.2 Å². The zero-order chi connectivity index (χ0) is 13.4. The molecule has 4 nitrogen and oxygen atoms in total. The molecule has 0 N–H and O–H groups in total. The second kappa shape index (κ2) is 4.31. The van der Waals surface area contributed by atoms with Gasteiger partial charge in [0.15, 0.2) is 0 Å². The number of hydrogen-bond donors (Lipinski definition) is 0. The highest BCUT2D eigenvalue weighted by Crippen LogP contribution is 2.22. The van der Waals surface area contributed by atoms with Gasteiger partial charge in [0, 0.05) is 19.3 Å². The van der Waals surface area contributed by atoms with Crippen LogP contribution in [0.5, 0.6) is 5.75 Å². The van der Waals surface area contributed by atoms with Crippen LogP contribution in [-0.4, -0.2) is 11.7 Å². The highest BCUT2D eigenvalue weighted by atomic mass is 16.5. The summed E-state index contributed by atoms with van der Waals surface area (Å²) in [4.78, 5) is 12.5. The van der Waals surface area contributed by atoms with Crippen molar-refractivity contribution in [3.05, 3.63) is 53.0 Å². The van der Waals surface area contributed by atoms with Gasteiger partial charge in [0.2, 0.25) is 5.43 Å². The average molecular weight is 255 g/mol. The van der Waals surface area contributed by atoms with Gasteiger partial charge in [-0.15, -0.1) is 0 Å². The van der Waals surface area contributed by atoms with Gasteiger partial charge < -0.3 is 13.7 Å². The molecule has 0 spiro atoms. The highest BCUT2D eigenvalue weighted by Gasteiger charge is 2.11. The number of ether oxygens (including phenoxy) is 1. The lowest BCUT2D eigenvalue weighted by molar-refractivity contribution is 0.414. The summed E-state index contributed by atoms with van der Waals surface area (Å²) in [6, 6.07) is 8.99. The molecule has 0 radical (unpaired) electrons. The first-order valence-corrected chi connectivity index (χ1v) is 5.92. The smallest absolute Gasteiger partial charge is 0.202 e. The Labute approximate surface area is 109 Å². The molecule has 3 rings (SSSR count). The fraction of sp³-hybridized carbons (Fsp3) is 0.133. The van der Waals surface area contributed by atoms with Gasteiger partial charge in [-0.05, 0) is 24.3 Å². The molecule has 1 aromatic carbocycles. The van der Waals surface area contributed by atoms with Crippen LogP contribution in [0.15, 0.2) is 52.0 Å². The van der Waals surface area contributed by atoms with Crippen molar-refractivity contribution < 1.29 is 9.15 Å². The van der Waals surface area contributed by atoms with Crippen LogP contribution in [0.3, 0.4) is 0 Å². The van der Waals surface area contributed by atoms with Crippen molar-refractivity contribution in [2.24, 2.45) is 7.05 Å². The fourth-order valence-electron chi connectivity index (χ4n) is 2.15. The molecular weight excluding hydrogens is 242 g/mol. The third-order valence-electron chi connectivity index (χ3n) is 3.20. The van der Waals surface area contributed by atoms with Gasteiger partial charge in [0.1, 0.15) is 17.6 Å². The molecule has 0 fully saturated rings. The Kier molecular flexibility index (Phi) is 2.63. The van der Waals surface area contributed by atoms with Gasteiger partial charge in [0.05, 0.1) is 23.8 Å². The van der Waals surface area contributed by atoms with Crippen LogP contribution in [-0.2, 0) is 7.05 Å². The summed E-state index contributed by atoms with van der Waals surface area (Å²) in [5.74, 6) is 0.669. The van der Waals surface area contributed by atoms with Crippen molar-refractivity contribution in [1.29, 1.82) is 0 Å². The third kappa shape index (κ3) is 1.81. The molecule has 0 amide bonds. The van der Waals surface area contributed by atoms with Crippen molar-refractivity contribution in [3.8, 4) is 17.0 Å². The summed E-state index contributed by atoms with van der Waals surface area (Å²) < 4.78 is 12.6. The molecule has 4 heteroatoms. The topological polar surface area (TPSA) is 44.4 Å². The summed E-state index contributed by atoms with van der Waals surface area (Å²) in [5, 5.41) is 0.555. The third-order valence-corrected chi connectivity index (χ3v) is 3.20. The molecule has 0 bridgehead atoms. The zero-order valence-corrected chi connectivity index (χ0v) is 10.7. The predicted octanol–water partition coefficient (Wildman–Crippen LogP) is 2.81. The van der Waals surface area contributed by atoms with Gasteiger partial charge >= 0.3 is 0 Å². The SMILES string of the molecule is COc1ccc2c(=O)c(-c3cccn3C)coc2c1. The van der Waals surface area contributed by atoms with E-state index < -0.39 is 0 Å². The number of nitrogens with zero attached hydrogens (tertiary/aromatic N) is 1. The van der Waals surface area contributed by atoms with Crippen LogP contribution in [0.4, 0.5) is 0 Å². The predicted molar refractivity (Wildman–Crippen MR) is 73.4 cm³/mol. The van der Waals surface area contributed by atoms with E-state index in [2.05, 4.69) is 0 Å². The highest BCUT2D eigenvalue weighted by molar-refractivity contribution is 5.82. The van der Waals surface area contributed by atoms with E-state index in [0.717, 1.165) is 5.69 Å². The van der Waals surface area contributed by atoms with Crippen LogP contribution in [0.1, 0.15) is 0 Å². The molecule has 2 aromatic heterocycles. The largest absolute Gasteiger partial charge is 0.497 e. The Hall–Kier alpha value is -2.49. The second-order valence-electron chi connectivity index (χ2n) is 4.34. The number of aryl methyl sites for hydroxylation is 1. The summed E-state index contributed by atoms with van der Waals surface area (Å²) in [5.41, 5.74) is 1.89. The maximum absolute atomic E-state index is 12.5. The number of hydrogen-bond acceptors (Lipinski definition) is 3. The van der Waals surface area contributed by atoms with Crippen LogP contribution in [0, 0.1) is 0 Å². The molecule has 0 unspecified atom stereocenters. The molecule has 96 valence electrons. The first-order valence-electron chi connectivity index (χ1n) is 5.92. The Balaban J connectivity index is 2.28. The summed E-state index contributed by atoms with van der Waals surface area (Å²) in [7, 11) is 3.48. The Morgan fingerprint density at radius 3 is 2.79 bits per heavy atom. The maximum atomic E-state index is 12.5. The second-order valence-corrected chi connectivity index (χ2v) is 4.34. The van der Waals surface area contributed by atoms with E-state index >= 15 is 0 Å². The molecular formula is C15H13NO3. The molecule has 0 aliphatic carbocycles. The Morgan fingerprint density at radius 2 is 2.11 bits per heavy atom. The number of benzene rings is 1. The minimum absolute atomic E-state index is 0.0364. The number of methoxy groups -OCH3 is 1. The lowest BCUT2D eigenvalue weighted by atomic mass is 10.1. The summed E-state index contributed by atoms with van der Waals surface area (Å²) in [6.45, 7) is 0. The Morgan fingerprint density at radius 1 is 1.26 bits per heavy atom. The van der Waals surface area contributed by atoms with Gasteiger partial charge in [-0.2, -0.15) is 0 Å². The number of aromatic nitrogens is 1. The van der Waals surface area contributed by atoms with E-state index in [-0.39, 0.29) is 5.43 Å². The van der Waals surface area contributed by atoms with Crippen molar-refractivity contribution in [3.63, 3.8) is 0 Å². The number of fused-ring (bicyclic) bond motifs is 1. The molecule has 19 heavy (non-hydrogen) atoms. The van der Waals surface area contributed by atoms with Gasteiger partial charge in [-0.3, -0.25) is 4.79 Å². The molecule has 0 aliphatic heterocycles. The maximum Gasteiger partial charge on any atom is 0.202 e. The lowest BCUT2D eigenvalue weighted by Gasteiger charge is -2.05. The average Bonchev–Trinajstić information content (AvgIpc) is 2.85. The minimum Gasteiger partial charge on any atom is -0.497 e. The summed E-state index contributed by atoms with van der Waals surface area (Å²) >= 11 is 0. The van der Waals surface area contributed by atoms with E-state index in [1.54, 1.807) is 25.3 Å². The van der Waals surface area contributed by atoms with Crippen molar-refractivity contribution in [2.75, 3.05) is 7.11 Å². The normalized spacial score (nSPS) is 10.8. The standard InChI is InChI=1S/C15H13NO3/c1-16-7-3-4-13(16)12-9-19-14-8-10(18-2)5-6-11(14)15(12)17/h3-9H,1-2H3. The van der Waals surface area contributed by atoms with Crippen molar-refractivity contribution >= 4 is 11.0 Å². The van der Waals surface area contributed by atoms with Crippen LogP contribution >= 0.6 is 0 Å². The van der Waals surface area contributed by atoms with Crippen LogP contribution in [0.2, 0.25) is 0 Å². The van der Waals surface area contributed by atoms with E-state index in [4.69, 9.17) is 9.15 Å². The zero-order valence-electron chi connectivity index (χ0n) is 10.7. The molecule has 0 atom stereocenters. The quantitative estimate of drug-likeness (QED) is 0.707. The van der Waals surface area contributed by atoms with Crippen molar-refractivity contribution in [2.45, 2.75) is 0 Å². The lowest BCUT2D eigenvalue weighted by Crippen LogP contribution is -2.06. The molecule has 2 heterocycles. The van der Waals surface area contributed by atoms with Gasteiger partial charge in [0.25, 0.3) is 0 Å². The molecule has 3 aromatic rings. The van der Waals surface area contributed by atoms with Crippen molar-refractivity contribution in [1.82, 2.24) is 4.57 Å². The first-order chi connectivity index (χ1) is 9.20. The van der Waals surface area contributed by atoms with E-state index in [9.17, 15) is 4.79 Å². The van der Waals surface area contributed by atoms with Gasteiger partial charge in [-0.25, -0.2) is 0 Å². The monoisotopic (exact) mass is 255 g/mol. The fourth-order valence-corrected chi connectivity index (χ4v) is 2.15. The molecule has 0 aliphatic rings. The van der Waals surface area contributed by atoms with E-state index in [1.807, 2.05) is 29.9 Å². The molecule has 0 saturated carbocycles. The molecule has 0 saturated heterocycles. The first kappa shape index (κ1) is 11.6. The van der Waals surface area contributed by atoms with Gasteiger partial charge in [-0.1, -0.05) is 0 Å². The number of rotatable bonds is 2. The van der Waals surface area contributed by atoms with Crippen LogP contribution in [0.25, 0.3) is 22.2 Å².